The first-order valence-electron chi connectivity index (χ1n) is 6.53. The minimum absolute atomic E-state index is 0.0291. The van der Waals surface area contributed by atoms with Crippen molar-refractivity contribution in [3.63, 3.8) is 0 Å². The summed E-state index contributed by atoms with van der Waals surface area (Å²) in [7, 11) is 0. The van der Waals surface area contributed by atoms with Gasteiger partial charge in [0, 0.05) is 12.0 Å². The number of aromatic nitrogens is 3. The molecule has 0 unspecified atom stereocenters. The second-order valence-corrected chi connectivity index (χ2v) is 5.97. The van der Waals surface area contributed by atoms with Crippen molar-refractivity contribution in [2.45, 2.75) is 20.3 Å². The maximum atomic E-state index is 11.8. The van der Waals surface area contributed by atoms with E-state index in [1.54, 1.807) is 13.8 Å². The summed E-state index contributed by atoms with van der Waals surface area (Å²) in [4.78, 5) is 35.0. The Morgan fingerprint density at radius 2 is 1.96 bits per heavy atom. The van der Waals surface area contributed by atoms with Crippen molar-refractivity contribution >= 4 is 57.9 Å². The largest absolute Gasteiger partial charge is 0.462 e. The third-order valence-electron chi connectivity index (χ3n) is 2.67. The van der Waals surface area contributed by atoms with Crippen molar-refractivity contribution in [3.05, 3.63) is 26.4 Å². The van der Waals surface area contributed by atoms with E-state index in [4.69, 9.17) is 27.9 Å². The van der Waals surface area contributed by atoms with Crippen molar-refractivity contribution in [2.24, 2.45) is 0 Å². The van der Waals surface area contributed by atoms with Gasteiger partial charge in [-0.15, -0.1) is 0 Å². The van der Waals surface area contributed by atoms with Crippen LogP contribution in [-0.4, -0.2) is 33.8 Å². The van der Waals surface area contributed by atoms with Crippen LogP contribution in [0.2, 0.25) is 10.3 Å². The molecule has 0 radical (unpaired) electrons. The number of anilines is 2. The van der Waals surface area contributed by atoms with E-state index in [-0.39, 0.29) is 29.3 Å². The summed E-state index contributed by atoms with van der Waals surface area (Å²) in [6.45, 7) is 3.71. The number of thiazole rings is 1. The number of carbonyl (C=O) groups excluding carboxylic acids is 2. The van der Waals surface area contributed by atoms with Crippen molar-refractivity contribution in [1.29, 1.82) is 0 Å². The van der Waals surface area contributed by atoms with Gasteiger partial charge >= 0.3 is 5.97 Å². The zero-order valence-corrected chi connectivity index (χ0v) is 14.6. The van der Waals surface area contributed by atoms with Crippen molar-refractivity contribution in [3.8, 4) is 0 Å². The molecular weight excluding hydrogens is 363 g/mol. The molecule has 0 saturated carbocycles. The Labute approximate surface area is 146 Å². The molecule has 0 spiro atoms. The van der Waals surface area contributed by atoms with Gasteiger partial charge in [0.2, 0.25) is 5.95 Å². The molecule has 10 heteroatoms. The molecule has 122 valence electrons. The van der Waals surface area contributed by atoms with Gasteiger partial charge in [0.05, 0.1) is 12.3 Å². The number of aldehydes is 1. The lowest BCUT2D eigenvalue weighted by atomic mass is 10.3. The highest BCUT2D eigenvalue weighted by atomic mass is 35.5. The number of esters is 1. The Hall–Kier alpha value is -1.77. The second kappa shape index (κ2) is 7.67. The van der Waals surface area contributed by atoms with E-state index in [9.17, 15) is 9.59 Å². The van der Waals surface area contributed by atoms with Crippen LogP contribution < -0.4 is 5.32 Å². The molecule has 23 heavy (non-hydrogen) atoms. The summed E-state index contributed by atoms with van der Waals surface area (Å²) in [6.07, 6.45) is 0.695. The van der Waals surface area contributed by atoms with E-state index >= 15 is 0 Å². The van der Waals surface area contributed by atoms with Crippen LogP contribution in [0.1, 0.15) is 27.9 Å². The first kappa shape index (κ1) is 17.6. The predicted octanol–water partition coefficient (Wildman–Crippen LogP) is 3.21. The molecule has 2 aromatic heterocycles. The van der Waals surface area contributed by atoms with E-state index in [0.717, 1.165) is 11.3 Å². The smallest absolute Gasteiger partial charge is 0.350 e. The van der Waals surface area contributed by atoms with E-state index < -0.39 is 5.97 Å². The van der Waals surface area contributed by atoms with Crippen LogP contribution in [-0.2, 0) is 16.0 Å². The average molecular weight is 375 g/mol. The molecule has 2 rings (SSSR count). The Balaban J connectivity index is 2.24. The van der Waals surface area contributed by atoms with Crippen molar-refractivity contribution in [2.75, 3.05) is 11.9 Å². The topological polar surface area (TPSA) is 94.1 Å². The third kappa shape index (κ3) is 4.15. The molecule has 0 amide bonds. The summed E-state index contributed by atoms with van der Waals surface area (Å²) in [5, 5.41) is 3.40. The number of carbonyl (C=O) groups is 2. The predicted molar refractivity (Wildman–Crippen MR) is 87.9 cm³/mol. The molecule has 2 aromatic rings. The van der Waals surface area contributed by atoms with Gasteiger partial charge in [-0.05, 0) is 13.8 Å². The molecule has 0 aromatic carbocycles. The van der Waals surface area contributed by atoms with Gasteiger partial charge in [-0.3, -0.25) is 5.32 Å². The summed E-state index contributed by atoms with van der Waals surface area (Å²) < 4.78 is 4.95. The summed E-state index contributed by atoms with van der Waals surface area (Å²) in [5.74, 6) is -0.312. The van der Waals surface area contributed by atoms with E-state index in [1.165, 1.54) is 0 Å². The van der Waals surface area contributed by atoms with Gasteiger partial charge in [-0.2, -0.15) is 0 Å². The fraction of sp³-hybridized carbons (Fsp3) is 0.308. The fourth-order valence-electron chi connectivity index (χ4n) is 1.67. The number of rotatable bonds is 6. The van der Waals surface area contributed by atoms with Gasteiger partial charge in [0.15, 0.2) is 5.13 Å². The lowest BCUT2D eigenvalue weighted by Gasteiger charge is -2.06. The highest BCUT2D eigenvalue weighted by Gasteiger charge is 2.18. The van der Waals surface area contributed by atoms with Gasteiger partial charge in [0.25, 0.3) is 0 Å². The number of ether oxygens (including phenoxy) is 1. The zero-order valence-electron chi connectivity index (χ0n) is 12.2. The number of nitrogens with one attached hydrogen (secondary N) is 1. The number of aryl methyl sites for hydroxylation is 1. The molecule has 0 atom stereocenters. The Bertz CT molecular complexity index is 728. The Kier molecular flexibility index (Phi) is 5.86. The maximum Gasteiger partial charge on any atom is 0.350 e. The molecule has 0 aliphatic rings. The number of nitrogens with zero attached hydrogens (tertiary/aromatic N) is 3. The van der Waals surface area contributed by atoms with Crippen LogP contribution in [0.4, 0.5) is 11.1 Å². The van der Waals surface area contributed by atoms with Gasteiger partial charge in [0.1, 0.15) is 21.5 Å². The molecule has 7 nitrogen and oxygen atoms in total. The van der Waals surface area contributed by atoms with Crippen LogP contribution in [0.5, 0.6) is 0 Å². The van der Waals surface area contributed by atoms with Crippen molar-refractivity contribution < 1.29 is 14.3 Å². The van der Waals surface area contributed by atoms with Crippen LogP contribution in [0.25, 0.3) is 0 Å². The summed E-state index contributed by atoms with van der Waals surface area (Å²) in [6, 6.07) is 0. The van der Waals surface area contributed by atoms with Gasteiger partial charge < -0.3 is 9.53 Å². The molecule has 2 heterocycles. The molecule has 0 bridgehead atoms. The maximum absolute atomic E-state index is 11.8. The number of halogens is 2. The van der Waals surface area contributed by atoms with Gasteiger partial charge in [-0.25, -0.2) is 19.7 Å². The third-order valence-corrected chi connectivity index (χ3v) is 4.35. The summed E-state index contributed by atoms with van der Waals surface area (Å²) in [5.41, 5.74) is 0.891. The second-order valence-electron chi connectivity index (χ2n) is 4.26. The monoisotopic (exact) mass is 374 g/mol. The minimum Gasteiger partial charge on any atom is -0.462 e. The molecule has 0 fully saturated rings. The van der Waals surface area contributed by atoms with Crippen LogP contribution >= 0.6 is 34.5 Å². The highest BCUT2D eigenvalue weighted by molar-refractivity contribution is 7.17. The molecule has 0 saturated heterocycles. The lowest BCUT2D eigenvalue weighted by Crippen LogP contribution is -2.03. The average Bonchev–Trinajstić information content (AvgIpc) is 2.84. The number of hydrogen-bond donors (Lipinski definition) is 1. The van der Waals surface area contributed by atoms with E-state index in [1.807, 2.05) is 0 Å². The van der Waals surface area contributed by atoms with Crippen LogP contribution in [0.15, 0.2) is 0 Å². The fourth-order valence-corrected chi connectivity index (χ4v) is 3.07. The highest BCUT2D eigenvalue weighted by Crippen LogP contribution is 2.28. The van der Waals surface area contributed by atoms with E-state index in [0.29, 0.717) is 27.6 Å². The number of hydrogen-bond acceptors (Lipinski definition) is 8. The molecule has 1 N–H and O–H groups in total. The van der Waals surface area contributed by atoms with E-state index in [2.05, 4.69) is 20.3 Å². The zero-order chi connectivity index (χ0) is 17.0. The quantitative estimate of drug-likeness (QED) is 0.471. The molecule has 0 aliphatic heterocycles. The van der Waals surface area contributed by atoms with Crippen LogP contribution in [0, 0.1) is 6.92 Å². The molecular formula is C13H12Cl2N4O3S. The Morgan fingerprint density at radius 1 is 1.30 bits per heavy atom. The Morgan fingerprint density at radius 3 is 2.52 bits per heavy atom. The van der Waals surface area contributed by atoms with Crippen LogP contribution in [0.3, 0.4) is 0 Å². The first-order valence-corrected chi connectivity index (χ1v) is 8.10. The standard InChI is InChI=1S/C13H12Cl2N4O3S/c1-3-22-11(21)8-6(2)16-13(23-8)19-12-17-9(14)7(4-5-20)10(15)18-12/h5H,3-4H2,1-2H3,(H,16,17,18,19). The lowest BCUT2D eigenvalue weighted by molar-refractivity contribution is -0.107. The summed E-state index contributed by atoms with van der Waals surface area (Å²) >= 11 is 13.1. The normalized spacial score (nSPS) is 10.4. The minimum atomic E-state index is -0.436. The van der Waals surface area contributed by atoms with Crippen molar-refractivity contribution in [1.82, 2.24) is 15.0 Å². The SMILES string of the molecule is CCOC(=O)c1sc(Nc2nc(Cl)c(CC=O)c(Cl)n2)nc1C. The molecule has 0 aliphatic carbocycles. The first-order chi connectivity index (χ1) is 11.0. The van der Waals surface area contributed by atoms with Gasteiger partial charge in [-0.1, -0.05) is 34.5 Å².